The highest BCUT2D eigenvalue weighted by molar-refractivity contribution is 8.00. The number of benzene rings is 1. The van der Waals surface area contributed by atoms with E-state index >= 15 is 0 Å². The van der Waals surface area contributed by atoms with E-state index in [4.69, 9.17) is 11.1 Å². The zero-order valence-corrected chi connectivity index (χ0v) is 12.8. The van der Waals surface area contributed by atoms with Crippen LogP contribution in [0.4, 0.5) is 0 Å². The minimum absolute atomic E-state index is 0.0354. The molecule has 5 nitrogen and oxygen atoms in total. The molecule has 0 aliphatic heterocycles. The van der Waals surface area contributed by atoms with E-state index in [9.17, 15) is 8.42 Å². The number of nitrogens with two attached hydrogens (primary N) is 1. The Morgan fingerprint density at radius 2 is 1.90 bits per heavy atom. The van der Waals surface area contributed by atoms with Crippen molar-refractivity contribution in [2.75, 3.05) is 11.5 Å². The van der Waals surface area contributed by atoms with Gasteiger partial charge in [0, 0.05) is 17.5 Å². The maximum atomic E-state index is 12.2. The number of thioether (sulfide) groups is 1. The molecule has 2 rings (SSSR count). The lowest BCUT2D eigenvalue weighted by Gasteiger charge is -2.05. The van der Waals surface area contributed by atoms with E-state index in [-0.39, 0.29) is 16.5 Å². The Morgan fingerprint density at radius 1 is 1.19 bits per heavy atom. The number of nitrogens with zero attached hydrogens (tertiary/aromatic N) is 1. The molecule has 1 heterocycles. The van der Waals surface area contributed by atoms with E-state index in [1.165, 1.54) is 23.9 Å². The van der Waals surface area contributed by atoms with Crippen LogP contribution in [0.5, 0.6) is 0 Å². The van der Waals surface area contributed by atoms with Crippen molar-refractivity contribution in [3.63, 3.8) is 0 Å². The maximum Gasteiger partial charge on any atom is 0.179 e. The Bertz CT molecular complexity index is 714. The summed E-state index contributed by atoms with van der Waals surface area (Å²) in [6.45, 7) is 0. The molecule has 0 saturated heterocycles. The first kappa shape index (κ1) is 15.5. The standard InChI is InChI=1S/C14H15N3O2S2/c15-14(16)11-4-6-12(7-5-11)21(18,19)10-9-20-13-3-1-2-8-17-13/h1-8H,9-10H2,(H3,15,16). The van der Waals surface area contributed by atoms with Gasteiger partial charge in [0.1, 0.15) is 5.84 Å². The highest BCUT2D eigenvalue weighted by Gasteiger charge is 2.14. The fraction of sp³-hybridized carbons (Fsp3) is 0.143. The summed E-state index contributed by atoms with van der Waals surface area (Å²) in [5, 5.41) is 8.09. The van der Waals surface area contributed by atoms with Crippen molar-refractivity contribution in [3.8, 4) is 0 Å². The number of hydrogen-bond donors (Lipinski definition) is 2. The second-order valence-electron chi connectivity index (χ2n) is 4.27. The average molecular weight is 321 g/mol. The lowest BCUT2D eigenvalue weighted by molar-refractivity contribution is 0.597. The van der Waals surface area contributed by atoms with E-state index in [2.05, 4.69) is 4.98 Å². The molecular weight excluding hydrogens is 306 g/mol. The molecule has 0 fully saturated rings. The third-order valence-corrected chi connectivity index (χ3v) is 5.70. The molecule has 3 N–H and O–H groups in total. The van der Waals surface area contributed by atoms with Crippen LogP contribution in [0.1, 0.15) is 5.56 Å². The second-order valence-corrected chi connectivity index (χ2v) is 7.50. The van der Waals surface area contributed by atoms with Crippen molar-refractivity contribution in [1.82, 2.24) is 4.98 Å². The topological polar surface area (TPSA) is 96.9 Å². The molecule has 0 radical (unpaired) electrons. The number of aromatic nitrogens is 1. The van der Waals surface area contributed by atoms with Crippen molar-refractivity contribution < 1.29 is 8.42 Å². The molecule has 0 amide bonds. The van der Waals surface area contributed by atoms with Gasteiger partial charge >= 0.3 is 0 Å². The van der Waals surface area contributed by atoms with Crippen LogP contribution in [-0.4, -0.2) is 30.7 Å². The molecule has 2 aromatic rings. The van der Waals surface area contributed by atoms with Gasteiger partial charge in [0.25, 0.3) is 0 Å². The van der Waals surface area contributed by atoms with Gasteiger partial charge in [0.15, 0.2) is 9.84 Å². The van der Waals surface area contributed by atoms with E-state index in [0.717, 1.165) is 5.03 Å². The first-order valence-electron chi connectivity index (χ1n) is 6.20. The number of rotatable bonds is 6. The highest BCUT2D eigenvalue weighted by Crippen LogP contribution is 2.18. The number of nitrogen functional groups attached to an aromatic ring is 1. The van der Waals surface area contributed by atoms with E-state index in [1.54, 1.807) is 18.3 Å². The van der Waals surface area contributed by atoms with Crippen molar-refractivity contribution in [1.29, 1.82) is 5.41 Å². The summed E-state index contributed by atoms with van der Waals surface area (Å²) in [4.78, 5) is 4.38. The van der Waals surface area contributed by atoms with Crippen LogP contribution in [0.2, 0.25) is 0 Å². The molecule has 0 spiro atoms. The Labute approximate surface area is 128 Å². The summed E-state index contributed by atoms with van der Waals surface area (Å²) in [7, 11) is -3.33. The number of hydrogen-bond acceptors (Lipinski definition) is 5. The van der Waals surface area contributed by atoms with Crippen LogP contribution in [0.15, 0.2) is 58.6 Å². The molecule has 1 aromatic carbocycles. The monoisotopic (exact) mass is 321 g/mol. The minimum atomic E-state index is -3.33. The summed E-state index contributed by atoms with van der Waals surface area (Å²) < 4.78 is 24.4. The first-order chi connectivity index (χ1) is 9.99. The van der Waals surface area contributed by atoms with Crippen molar-refractivity contribution in [3.05, 3.63) is 54.2 Å². The molecule has 0 bridgehead atoms. The van der Waals surface area contributed by atoms with Crippen LogP contribution < -0.4 is 5.73 Å². The predicted molar refractivity (Wildman–Crippen MR) is 84.5 cm³/mol. The van der Waals surface area contributed by atoms with Gasteiger partial charge in [0.2, 0.25) is 0 Å². The van der Waals surface area contributed by atoms with Gasteiger partial charge in [-0.25, -0.2) is 13.4 Å². The van der Waals surface area contributed by atoms with Gasteiger partial charge in [-0.2, -0.15) is 0 Å². The number of sulfone groups is 1. The van der Waals surface area contributed by atoms with Crippen LogP contribution in [0.25, 0.3) is 0 Å². The number of nitrogens with one attached hydrogen (secondary N) is 1. The Hall–Kier alpha value is -1.86. The Balaban J connectivity index is 2.00. The first-order valence-corrected chi connectivity index (χ1v) is 8.84. The van der Waals surface area contributed by atoms with Gasteiger partial charge < -0.3 is 5.73 Å². The van der Waals surface area contributed by atoms with Gasteiger partial charge in [0.05, 0.1) is 15.7 Å². The van der Waals surface area contributed by atoms with Crippen molar-refractivity contribution in [2.24, 2.45) is 5.73 Å². The second kappa shape index (κ2) is 6.73. The zero-order chi connectivity index (χ0) is 15.3. The Morgan fingerprint density at radius 3 is 2.48 bits per heavy atom. The van der Waals surface area contributed by atoms with Gasteiger partial charge in [-0.05, 0) is 24.3 Å². The number of amidine groups is 1. The molecule has 0 unspecified atom stereocenters. The summed E-state index contributed by atoms with van der Waals surface area (Å²) in [5.41, 5.74) is 5.85. The molecule has 21 heavy (non-hydrogen) atoms. The van der Waals surface area contributed by atoms with Gasteiger partial charge in [-0.3, -0.25) is 5.41 Å². The van der Waals surface area contributed by atoms with Crippen molar-refractivity contribution in [2.45, 2.75) is 9.92 Å². The lowest BCUT2D eigenvalue weighted by atomic mass is 10.2. The molecule has 0 saturated carbocycles. The maximum absolute atomic E-state index is 12.2. The van der Waals surface area contributed by atoms with Crippen LogP contribution >= 0.6 is 11.8 Å². The molecule has 0 aliphatic rings. The zero-order valence-electron chi connectivity index (χ0n) is 11.2. The fourth-order valence-electron chi connectivity index (χ4n) is 1.65. The molecule has 1 aromatic heterocycles. The van der Waals surface area contributed by atoms with E-state index in [1.807, 2.05) is 18.2 Å². The lowest BCUT2D eigenvalue weighted by Crippen LogP contribution is -2.12. The largest absolute Gasteiger partial charge is 0.384 e. The normalized spacial score (nSPS) is 11.2. The highest BCUT2D eigenvalue weighted by atomic mass is 32.2. The average Bonchev–Trinajstić information content (AvgIpc) is 2.48. The quantitative estimate of drug-likeness (QED) is 0.481. The summed E-state index contributed by atoms with van der Waals surface area (Å²) in [6, 6.07) is 11.6. The number of pyridine rings is 1. The molecule has 7 heteroatoms. The molecular formula is C14H15N3O2S2. The smallest absolute Gasteiger partial charge is 0.179 e. The van der Waals surface area contributed by atoms with E-state index < -0.39 is 9.84 Å². The van der Waals surface area contributed by atoms with Gasteiger partial charge in [-0.15, -0.1) is 11.8 Å². The third kappa shape index (κ3) is 4.30. The fourth-order valence-corrected chi connectivity index (χ4v) is 4.16. The molecule has 0 atom stereocenters. The Kier molecular flexibility index (Phi) is 4.98. The predicted octanol–water partition coefficient (Wildman–Crippen LogP) is 1.93. The van der Waals surface area contributed by atoms with Crippen LogP contribution in [-0.2, 0) is 9.84 Å². The minimum Gasteiger partial charge on any atom is -0.384 e. The van der Waals surface area contributed by atoms with Gasteiger partial charge in [-0.1, -0.05) is 18.2 Å². The van der Waals surface area contributed by atoms with E-state index in [0.29, 0.717) is 11.3 Å². The summed E-state index contributed by atoms with van der Waals surface area (Å²) >= 11 is 1.41. The molecule has 0 aliphatic carbocycles. The summed E-state index contributed by atoms with van der Waals surface area (Å²) in [5.74, 6) is 0.395. The summed E-state index contributed by atoms with van der Waals surface area (Å²) in [6.07, 6.45) is 1.68. The molecule has 110 valence electrons. The van der Waals surface area contributed by atoms with Crippen LogP contribution in [0, 0.1) is 5.41 Å². The SMILES string of the molecule is N=C(N)c1ccc(S(=O)(=O)CCSc2ccccn2)cc1. The van der Waals surface area contributed by atoms with Crippen LogP contribution in [0.3, 0.4) is 0 Å². The van der Waals surface area contributed by atoms with Crippen molar-refractivity contribution >= 4 is 27.4 Å². The third-order valence-electron chi connectivity index (χ3n) is 2.76.